The van der Waals surface area contributed by atoms with E-state index in [1.807, 2.05) is 0 Å². The lowest BCUT2D eigenvalue weighted by atomic mass is 10.1. The van der Waals surface area contributed by atoms with Gasteiger partial charge in [0.1, 0.15) is 5.82 Å². The minimum atomic E-state index is -3.56. The Kier molecular flexibility index (Phi) is 3.94. The zero-order valence-electron chi connectivity index (χ0n) is 11.4. The lowest BCUT2D eigenvalue weighted by Gasteiger charge is -2.23. The highest BCUT2D eigenvalue weighted by Crippen LogP contribution is 2.23. The van der Waals surface area contributed by atoms with E-state index < -0.39 is 10.0 Å². The van der Waals surface area contributed by atoms with Gasteiger partial charge in [-0.1, -0.05) is 0 Å². The van der Waals surface area contributed by atoms with Crippen LogP contribution in [-0.4, -0.2) is 38.9 Å². The summed E-state index contributed by atoms with van der Waals surface area (Å²) >= 11 is 0. The summed E-state index contributed by atoms with van der Waals surface area (Å²) in [7, 11) is -1.97. The summed E-state index contributed by atoms with van der Waals surface area (Å²) in [6.07, 6.45) is 0.800. The van der Waals surface area contributed by atoms with Crippen LogP contribution in [0.1, 0.15) is 17.5 Å². The van der Waals surface area contributed by atoms with Crippen LogP contribution < -0.4 is 5.32 Å². The molecule has 106 valence electrons. The summed E-state index contributed by atoms with van der Waals surface area (Å²) in [5.74, 6) is -0.343. The van der Waals surface area contributed by atoms with Crippen molar-refractivity contribution in [3.05, 3.63) is 29.1 Å². The number of aryl methyl sites for hydroxylation is 2. The summed E-state index contributed by atoms with van der Waals surface area (Å²) in [5.41, 5.74) is 0.716. The Hall–Kier alpha value is -0.980. The van der Waals surface area contributed by atoms with Gasteiger partial charge in [-0.05, 0) is 50.1 Å². The molecule has 1 aliphatic heterocycles. The number of hydrogen-bond acceptors (Lipinski definition) is 3. The quantitative estimate of drug-likeness (QED) is 0.914. The molecule has 0 spiro atoms. The number of nitrogens with zero attached hydrogens (tertiary/aromatic N) is 1. The predicted molar refractivity (Wildman–Crippen MR) is 72.1 cm³/mol. The van der Waals surface area contributed by atoms with Crippen LogP contribution in [0.5, 0.6) is 0 Å². The van der Waals surface area contributed by atoms with E-state index in [2.05, 4.69) is 5.32 Å². The molecule has 0 saturated carbocycles. The van der Waals surface area contributed by atoms with Gasteiger partial charge in [0, 0.05) is 19.6 Å². The molecular weight excluding hydrogens is 267 g/mol. The molecule has 0 aliphatic carbocycles. The van der Waals surface area contributed by atoms with E-state index in [1.165, 1.54) is 16.4 Å². The molecule has 1 N–H and O–H groups in total. The van der Waals surface area contributed by atoms with Gasteiger partial charge in [0.2, 0.25) is 10.0 Å². The largest absolute Gasteiger partial charge is 0.315 e. The monoisotopic (exact) mass is 286 g/mol. The van der Waals surface area contributed by atoms with Gasteiger partial charge in [0.15, 0.2) is 0 Å². The van der Waals surface area contributed by atoms with Crippen LogP contribution in [0.3, 0.4) is 0 Å². The van der Waals surface area contributed by atoms with Gasteiger partial charge in [-0.2, -0.15) is 4.31 Å². The molecule has 0 radical (unpaired) electrons. The SMILES string of the molecule is Cc1cc(S(=O)(=O)N(C)C2CCNC2)cc(C)c1F. The van der Waals surface area contributed by atoms with Crippen LogP contribution in [0.4, 0.5) is 4.39 Å². The predicted octanol–water partition coefficient (Wildman–Crippen LogP) is 1.42. The average Bonchev–Trinajstić information content (AvgIpc) is 2.87. The van der Waals surface area contributed by atoms with Crippen LogP contribution in [0.15, 0.2) is 17.0 Å². The summed E-state index contributed by atoms with van der Waals surface area (Å²) in [6, 6.07) is 2.77. The number of halogens is 1. The van der Waals surface area contributed by atoms with E-state index in [9.17, 15) is 12.8 Å². The fourth-order valence-electron chi connectivity index (χ4n) is 2.37. The standard InChI is InChI=1S/C13H19FN2O2S/c1-9-6-12(7-10(2)13(9)14)19(17,18)16(3)11-4-5-15-8-11/h6-7,11,15H,4-5,8H2,1-3H3. The molecule has 0 amide bonds. The molecule has 1 unspecified atom stereocenters. The Balaban J connectivity index is 2.39. The molecule has 19 heavy (non-hydrogen) atoms. The van der Waals surface area contributed by atoms with Crippen molar-refractivity contribution < 1.29 is 12.8 Å². The second-order valence-corrected chi connectivity index (χ2v) is 7.04. The fraction of sp³-hybridized carbons (Fsp3) is 0.538. The molecule has 1 aliphatic rings. The third-order valence-corrected chi connectivity index (χ3v) is 5.52. The summed E-state index contributed by atoms with van der Waals surface area (Å²) in [5, 5.41) is 3.14. The Morgan fingerprint density at radius 2 is 1.89 bits per heavy atom. The zero-order valence-corrected chi connectivity index (χ0v) is 12.2. The highest BCUT2D eigenvalue weighted by Gasteiger charge is 2.30. The van der Waals surface area contributed by atoms with Gasteiger partial charge in [-0.3, -0.25) is 0 Å². The molecule has 2 rings (SSSR count). The highest BCUT2D eigenvalue weighted by molar-refractivity contribution is 7.89. The van der Waals surface area contributed by atoms with E-state index >= 15 is 0 Å². The lowest BCUT2D eigenvalue weighted by molar-refractivity contribution is 0.387. The molecule has 6 heteroatoms. The molecule has 0 bridgehead atoms. The molecule has 1 saturated heterocycles. The minimum Gasteiger partial charge on any atom is -0.315 e. The first kappa shape index (κ1) is 14.4. The summed E-state index contributed by atoms with van der Waals surface area (Å²) in [6.45, 7) is 4.65. The number of hydrogen-bond donors (Lipinski definition) is 1. The molecule has 1 heterocycles. The summed E-state index contributed by atoms with van der Waals surface area (Å²) in [4.78, 5) is 0.165. The van der Waals surface area contributed by atoms with Crippen LogP contribution in [0.2, 0.25) is 0 Å². The maximum atomic E-state index is 13.6. The maximum Gasteiger partial charge on any atom is 0.243 e. The van der Waals surface area contributed by atoms with Crippen molar-refractivity contribution in [3.63, 3.8) is 0 Å². The van der Waals surface area contributed by atoms with Crippen molar-refractivity contribution in [1.82, 2.24) is 9.62 Å². The third-order valence-electron chi connectivity index (χ3n) is 3.64. The molecule has 1 aromatic rings. The van der Waals surface area contributed by atoms with Crippen LogP contribution in [-0.2, 0) is 10.0 Å². The third kappa shape index (κ3) is 2.66. The smallest absolute Gasteiger partial charge is 0.243 e. The average molecular weight is 286 g/mol. The molecule has 1 atom stereocenters. The molecule has 1 fully saturated rings. The second-order valence-electron chi connectivity index (χ2n) is 5.04. The lowest BCUT2D eigenvalue weighted by Crippen LogP contribution is -2.38. The van der Waals surface area contributed by atoms with Crippen molar-refractivity contribution in [2.24, 2.45) is 0 Å². The second kappa shape index (κ2) is 5.19. The van der Waals surface area contributed by atoms with E-state index in [0.717, 1.165) is 13.0 Å². The Bertz CT molecular complexity index is 557. The fourth-order valence-corrected chi connectivity index (χ4v) is 3.92. The Morgan fingerprint density at radius 1 is 1.32 bits per heavy atom. The van der Waals surface area contributed by atoms with Gasteiger partial charge in [-0.25, -0.2) is 12.8 Å². The van der Waals surface area contributed by atoms with Crippen LogP contribution in [0.25, 0.3) is 0 Å². The van der Waals surface area contributed by atoms with Crippen molar-refractivity contribution in [3.8, 4) is 0 Å². The van der Waals surface area contributed by atoms with Gasteiger partial charge in [0.25, 0.3) is 0 Å². The highest BCUT2D eigenvalue weighted by atomic mass is 32.2. The van der Waals surface area contributed by atoms with E-state index in [4.69, 9.17) is 0 Å². The van der Waals surface area contributed by atoms with Crippen molar-refractivity contribution in [2.45, 2.75) is 31.2 Å². The van der Waals surface area contributed by atoms with E-state index in [0.29, 0.717) is 17.7 Å². The maximum absolute atomic E-state index is 13.6. The minimum absolute atomic E-state index is 0.0318. The number of likely N-dealkylation sites (N-methyl/N-ethyl adjacent to an activating group) is 1. The zero-order chi connectivity index (χ0) is 14.2. The Morgan fingerprint density at radius 3 is 2.37 bits per heavy atom. The van der Waals surface area contributed by atoms with Gasteiger partial charge < -0.3 is 5.32 Å². The molecule has 1 aromatic carbocycles. The number of nitrogens with one attached hydrogen (secondary N) is 1. The molecular formula is C13H19FN2O2S. The van der Waals surface area contributed by atoms with Gasteiger partial charge in [0.05, 0.1) is 4.90 Å². The molecule has 0 aromatic heterocycles. The number of sulfonamides is 1. The Labute approximate surface area is 113 Å². The first-order valence-corrected chi connectivity index (χ1v) is 7.73. The van der Waals surface area contributed by atoms with Crippen molar-refractivity contribution >= 4 is 10.0 Å². The van der Waals surface area contributed by atoms with Gasteiger partial charge >= 0.3 is 0 Å². The first-order valence-electron chi connectivity index (χ1n) is 6.29. The van der Waals surface area contributed by atoms with Crippen LogP contribution in [0, 0.1) is 19.7 Å². The topological polar surface area (TPSA) is 49.4 Å². The number of rotatable bonds is 3. The normalized spacial score (nSPS) is 20.2. The van der Waals surface area contributed by atoms with Crippen LogP contribution >= 0.6 is 0 Å². The first-order chi connectivity index (χ1) is 8.84. The van der Waals surface area contributed by atoms with E-state index in [1.54, 1.807) is 20.9 Å². The van der Waals surface area contributed by atoms with E-state index in [-0.39, 0.29) is 16.8 Å². The van der Waals surface area contributed by atoms with Gasteiger partial charge in [-0.15, -0.1) is 0 Å². The number of benzene rings is 1. The molecule has 4 nitrogen and oxygen atoms in total. The van der Waals surface area contributed by atoms with Crippen molar-refractivity contribution in [1.29, 1.82) is 0 Å². The summed E-state index contributed by atoms with van der Waals surface area (Å²) < 4.78 is 40.0. The van der Waals surface area contributed by atoms with Crippen molar-refractivity contribution in [2.75, 3.05) is 20.1 Å².